The van der Waals surface area contributed by atoms with Crippen LogP contribution >= 0.6 is 0 Å². The maximum absolute atomic E-state index is 8.84. The van der Waals surface area contributed by atoms with Gasteiger partial charge in [0.15, 0.2) is 0 Å². The number of aliphatic hydroxyl groups is 2. The summed E-state index contributed by atoms with van der Waals surface area (Å²) in [5.41, 5.74) is 0. The van der Waals surface area contributed by atoms with Crippen molar-refractivity contribution >= 4 is 0 Å². The van der Waals surface area contributed by atoms with Crippen LogP contribution in [0.3, 0.4) is 0 Å². The molecule has 0 aliphatic carbocycles. The highest BCUT2D eigenvalue weighted by Crippen LogP contribution is 2.15. The number of rotatable bonds is 29. The largest absolute Gasteiger partial charge is 0.394 e. The fourth-order valence-corrected chi connectivity index (χ4v) is 4.30. The first-order chi connectivity index (χ1) is 16.3. The van der Waals surface area contributed by atoms with Crippen molar-refractivity contribution in [2.75, 3.05) is 33.0 Å². The fraction of sp³-hybridized carbons (Fsp3) is 1.00. The first kappa shape index (κ1) is 32.8. The van der Waals surface area contributed by atoms with Crippen molar-refractivity contribution in [3.05, 3.63) is 0 Å². The number of aliphatic hydroxyl groups excluding tert-OH is 2. The van der Waals surface area contributed by atoms with Crippen molar-refractivity contribution in [3.8, 4) is 0 Å². The summed E-state index contributed by atoms with van der Waals surface area (Å²) < 4.78 is 0. The molecule has 5 heteroatoms. The summed E-state index contributed by atoms with van der Waals surface area (Å²) in [6, 6.07) is 0. The predicted molar refractivity (Wildman–Crippen MR) is 140 cm³/mol. The first-order valence-electron chi connectivity index (χ1n) is 14.6. The van der Waals surface area contributed by atoms with Gasteiger partial charge in [-0.3, -0.25) is 9.68 Å². The molecule has 0 spiro atoms. The van der Waals surface area contributed by atoms with Gasteiger partial charge >= 0.3 is 0 Å². The Kier molecular flexibility index (Phi) is 29.7. The summed E-state index contributed by atoms with van der Waals surface area (Å²) in [5, 5.41) is 19.1. The molecule has 0 heterocycles. The van der Waals surface area contributed by atoms with E-state index in [0.717, 1.165) is 6.42 Å². The zero-order valence-corrected chi connectivity index (χ0v) is 22.3. The molecule has 5 nitrogen and oxygen atoms in total. The normalized spacial score (nSPS) is 11.6. The monoisotopic (exact) mass is 473 g/mol. The van der Waals surface area contributed by atoms with Gasteiger partial charge in [0.05, 0.1) is 33.0 Å². The number of hydrogen-bond acceptors (Lipinski definition) is 5. The van der Waals surface area contributed by atoms with Crippen molar-refractivity contribution in [2.45, 2.75) is 148 Å². The molecule has 0 fully saturated rings. The van der Waals surface area contributed by atoms with Crippen LogP contribution in [-0.2, 0) is 9.68 Å². The van der Waals surface area contributed by atoms with E-state index in [0.29, 0.717) is 6.54 Å². The van der Waals surface area contributed by atoms with Crippen LogP contribution in [-0.4, -0.2) is 48.4 Å². The lowest BCUT2D eigenvalue weighted by atomic mass is 10.0. The van der Waals surface area contributed by atoms with Crippen LogP contribution in [0.5, 0.6) is 0 Å². The van der Waals surface area contributed by atoms with Crippen molar-refractivity contribution in [2.24, 2.45) is 0 Å². The van der Waals surface area contributed by atoms with Crippen LogP contribution in [0.25, 0.3) is 0 Å². The number of unbranched alkanes of at least 4 members (excludes halogenated alkanes) is 21. The van der Waals surface area contributed by atoms with Gasteiger partial charge in [0, 0.05) is 0 Å². The highest BCUT2D eigenvalue weighted by molar-refractivity contribution is 4.51. The summed E-state index contributed by atoms with van der Waals surface area (Å²) in [4.78, 5) is 10.6. The summed E-state index contributed by atoms with van der Waals surface area (Å²) >= 11 is 0. The van der Waals surface area contributed by atoms with E-state index >= 15 is 0 Å². The van der Waals surface area contributed by atoms with Crippen LogP contribution < -0.4 is 0 Å². The minimum absolute atomic E-state index is 0.0294. The molecule has 0 amide bonds. The molecule has 0 atom stereocenters. The lowest BCUT2D eigenvalue weighted by Gasteiger charge is -2.20. The standard InChI is InChI=1S/C28H59NO4/c1-2-3-4-5-6-7-8-9-10-11-12-13-14-15-16-17-18-19-20-21-22-23-24-29(32-27-25-30)33-28-26-31/h30-31H,2-28H2,1H3. The molecule has 0 aromatic carbocycles. The lowest BCUT2D eigenvalue weighted by Crippen LogP contribution is -2.28. The Labute approximate surface area is 206 Å². The van der Waals surface area contributed by atoms with E-state index in [1.165, 1.54) is 140 Å². The topological polar surface area (TPSA) is 62.2 Å². The van der Waals surface area contributed by atoms with E-state index in [2.05, 4.69) is 6.92 Å². The van der Waals surface area contributed by atoms with Gasteiger partial charge in [-0.15, -0.1) is 0 Å². The van der Waals surface area contributed by atoms with Crippen molar-refractivity contribution in [3.63, 3.8) is 0 Å². The predicted octanol–water partition coefficient (Wildman–Crippen LogP) is 7.74. The maximum Gasteiger partial charge on any atom is 0.0942 e. The molecule has 2 N–H and O–H groups in total. The minimum Gasteiger partial charge on any atom is -0.394 e. The van der Waals surface area contributed by atoms with E-state index in [9.17, 15) is 0 Å². The van der Waals surface area contributed by atoms with Crippen molar-refractivity contribution in [1.29, 1.82) is 0 Å². The molecule has 0 rings (SSSR count). The molecule has 0 aliphatic heterocycles. The van der Waals surface area contributed by atoms with E-state index in [4.69, 9.17) is 19.9 Å². The van der Waals surface area contributed by atoms with Crippen molar-refractivity contribution < 1.29 is 19.9 Å². The van der Waals surface area contributed by atoms with E-state index in [1.54, 1.807) is 0 Å². The molecule has 0 aliphatic rings. The Morgan fingerprint density at radius 1 is 0.424 bits per heavy atom. The van der Waals surface area contributed by atoms with Crippen LogP contribution in [0.15, 0.2) is 0 Å². The summed E-state index contributed by atoms with van der Waals surface area (Å²) in [6.45, 7) is 3.37. The van der Waals surface area contributed by atoms with Gasteiger partial charge in [0.1, 0.15) is 0 Å². The van der Waals surface area contributed by atoms with Gasteiger partial charge in [-0.1, -0.05) is 147 Å². The second-order valence-electron chi connectivity index (χ2n) is 9.59. The second-order valence-corrected chi connectivity index (χ2v) is 9.59. The average Bonchev–Trinajstić information content (AvgIpc) is 2.83. The Hall–Kier alpha value is -0.200. The van der Waals surface area contributed by atoms with E-state index in [1.807, 2.05) is 0 Å². The molecule has 0 radical (unpaired) electrons. The smallest absolute Gasteiger partial charge is 0.0942 e. The number of hydroxylamine groups is 2. The van der Waals surface area contributed by atoms with Crippen LogP contribution in [0, 0.1) is 0 Å². The number of nitrogens with zero attached hydrogens (tertiary/aromatic N) is 1. The van der Waals surface area contributed by atoms with Gasteiger partial charge in [-0.25, -0.2) is 0 Å². The minimum atomic E-state index is -0.0294. The third-order valence-corrected chi connectivity index (χ3v) is 6.35. The Morgan fingerprint density at radius 2 is 0.697 bits per heavy atom. The zero-order chi connectivity index (χ0) is 24.1. The quantitative estimate of drug-likeness (QED) is 0.0859. The highest BCUT2D eigenvalue weighted by atomic mass is 16.9. The molecular weight excluding hydrogens is 414 g/mol. The highest BCUT2D eigenvalue weighted by Gasteiger charge is 2.05. The van der Waals surface area contributed by atoms with Crippen LogP contribution in [0.4, 0.5) is 0 Å². The van der Waals surface area contributed by atoms with Gasteiger partial charge in [-0.2, -0.15) is 0 Å². The van der Waals surface area contributed by atoms with Gasteiger partial charge < -0.3 is 10.2 Å². The van der Waals surface area contributed by atoms with Gasteiger partial charge in [0.2, 0.25) is 0 Å². The van der Waals surface area contributed by atoms with Crippen LogP contribution in [0.2, 0.25) is 0 Å². The Bertz CT molecular complexity index is 336. The van der Waals surface area contributed by atoms with Gasteiger partial charge in [-0.05, 0) is 6.42 Å². The maximum atomic E-state index is 8.84. The van der Waals surface area contributed by atoms with E-state index < -0.39 is 0 Å². The zero-order valence-electron chi connectivity index (χ0n) is 22.3. The second kappa shape index (κ2) is 29.8. The molecule has 0 aromatic heterocycles. The summed E-state index contributed by atoms with van der Waals surface area (Å²) in [5.74, 6) is 0. The third-order valence-electron chi connectivity index (χ3n) is 6.35. The molecule has 0 bridgehead atoms. The molecule has 0 aromatic rings. The SMILES string of the molecule is CCCCCCCCCCCCCCCCCCCCCCCCN(OCCO)OCCO. The summed E-state index contributed by atoms with van der Waals surface area (Å²) in [7, 11) is 0. The van der Waals surface area contributed by atoms with Crippen LogP contribution in [0.1, 0.15) is 148 Å². The molecule has 200 valence electrons. The Balaban J connectivity index is 3.19. The van der Waals surface area contributed by atoms with Gasteiger partial charge in [0.25, 0.3) is 0 Å². The summed E-state index contributed by atoms with van der Waals surface area (Å²) in [6.07, 6.45) is 30.5. The molecule has 0 saturated carbocycles. The average molecular weight is 474 g/mol. The molecular formula is C28H59NO4. The fourth-order valence-electron chi connectivity index (χ4n) is 4.30. The first-order valence-corrected chi connectivity index (χ1v) is 14.6. The van der Waals surface area contributed by atoms with E-state index in [-0.39, 0.29) is 26.4 Å². The molecule has 0 unspecified atom stereocenters. The third kappa shape index (κ3) is 27.9. The van der Waals surface area contributed by atoms with Crippen molar-refractivity contribution in [1.82, 2.24) is 5.23 Å². The lowest BCUT2D eigenvalue weighted by molar-refractivity contribution is -0.371. The molecule has 0 saturated heterocycles. The molecule has 33 heavy (non-hydrogen) atoms. The number of hydrogen-bond donors (Lipinski definition) is 2. The Morgan fingerprint density at radius 3 is 0.970 bits per heavy atom.